The van der Waals surface area contributed by atoms with Crippen molar-refractivity contribution in [3.8, 4) is 0 Å². The maximum atomic E-state index is 9.72. The zero-order valence-electron chi connectivity index (χ0n) is 16.1. The highest BCUT2D eigenvalue weighted by atomic mass is 16.3. The number of nitrogens with zero attached hydrogens (tertiary/aromatic N) is 3. The Hall–Kier alpha value is -2.34. The predicted molar refractivity (Wildman–Crippen MR) is 109 cm³/mol. The average molecular weight is 370 g/mol. The molecule has 1 aliphatic carbocycles. The molecule has 0 amide bonds. The summed E-state index contributed by atoms with van der Waals surface area (Å²) < 4.78 is 2.11. The summed E-state index contributed by atoms with van der Waals surface area (Å²) in [5, 5.41) is 21.0. The first kappa shape index (κ1) is 19.4. The van der Waals surface area contributed by atoms with Gasteiger partial charge in [0.2, 0.25) is 0 Å². The first-order valence-corrected chi connectivity index (χ1v) is 10.0. The number of benzene rings is 1. The maximum absolute atomic E-state index is 9.72. The van der Waals surface area contributed by atoms with Gasteiger partial charge in [0, 0.05) is 25.2 Å². The Kier molecular flexibility index (Phi) is 7.27. The molecule has 3 N–H and O–H groups in total. The van der Waals surface area contributed by atoms with E-state index >= 15 is 0 Å². The molecule has 1 atom stereocenters. The second kappa shape index (κ2) is 10.1. The molecule has 1 aromatic carbocycles. The molecule has 6 nitrogen and oxygen atoms in total. The van der Waals surface area contributed by atoms with Crippen LogP contribution in [0.2, 0.25) is 0 Å². The highest BCUT2D eigenvalue weighted by Gasteiger charge is 2.17. The van der Waals surface area contributed by atoms with Crippen LogP contribution in [-0.2, 0) is 6.54 Å². The van der Waals surface area contributed by atoms with E-state index in [1.807, 2.05) is 37.3 Å². The van der Waals surface area contributed by atoms with Crippen molar-refractivity contribution < 1.29 is 5.11 Å². The third-order valence-electron chi connectivity index (χ3n) is 5.11. The Morgan fingerprint density at radius 3 is 2.70 bits per heavy atom. The van der Waals surface area contributed by atoms with Crippen molar-refractivity contribution in [1.82, 2.24) is 20.4 Å². The van der Waals surface area contributed by atoms with E-state index in [0.29, 0.717) is 19.1 Å². The Labute approximate surface area is 161 Å². The molecule has 1 aromatic heterocycles. The molecule has 0 spiro atoms. The summed E-state index contributed by atoms with van der Waals surface area (Å²) in [5.41, 5.74) is 2.11. The maximum Gasteiger partial charge on any atom is 0.191 e. The molecule has 1 saturated carbocycles. The highest BCUT2D eigenvalue weighted by molar-refractivity contribution is 5.79. The number of aliphatic hydroxyl groups excluding tert-OH is 1. The minimum atomic E-state index is 0.0385. The van der Waals surface area contributed by atoms with Crippen molar-refractivity contribution >= 4 is 5.96 Å². The molecule has 1 fully saturated rings. The summed E-state index contributed by atoms with van der Waals surface area (Å²) in [6.45, 7) is 4.11. The van der Waals surface area contributed by atoms with Gasteiger partial charge in [-0.3, -0.25) is 4.68 Å². The first-order chi connectivity index (χ1) is 13.3. The van der Waals surface area contributed by atoms with Crippen molar-refractivity contribution in [2.45, 2.75) is 51.1 Å². The number of aliphatic hydroxyl groups is 1. The predicted octanol–water partition coefficient (Wildman–Crippen LogP) is 2.83. The van der Waals surface area contributed by atoms with Gasteiger partial charge < -0.3 is 15.7 Å². The quantitative estimate of drug-likeness (QED) is 0.494. The summed E-state index contributed by atoms with van der Waals surface area (Å²) >= 11 is 0. The molecule has 27 heavy (non-hydrogen) atoms. The van der Waals surface area contributed by atoms with E-state index < -0.39 is 0 Å². The van der Waals surface area contributed by atoms with Gasteiger partial charge >= 0.3 is 0 Å². The summed E-state index contributed by atoms with van der Waals surface area (Å²) in [6.07, 6.45) is 7.16. The van der Waals surface area contributed by atoms with E-state index in [2.05, 4.69) is 32.6 Å². The summed E-state index contributed by atoms with van der Waals surface area (Å²) in [5.74, 6) is 0.791. The monoisotopic (exact) mass is 369 g/mol. The summed E-state index contributed by atoms with van der Waals surface area (Å²) in [6, 6.07) is 12.7. The molecule has 2 aromatic rings. The van der Waals surface area contributed by atoms with Gasteiger partial charge in [0.1, 0.15) is 0 Å². The largest absolute Gasteiger partial charge is 0.396 e. The Bertz CT molecular complexity index is 706. The van der Waals surface area contributed by atoms with Crippen LogP contribution < -0.4 is 10.6 Å². The number of rotatable bonds is 8. The number of hydrogen-bond acceptors (Lipinski definition) is 3. The van der Waals surface area contributed by atoms with Crippen LogP contribution in [0.1, 0.15) is 55.8 Å². The standard InChI is InChI=1S/C21H31N5O/c1-2-22-21(23-14-18(16-27)17-8-4-3-5-9-17)24-15-19-12-13-26(25-19)20-10-6-7-11-20/h3-5,8-9,12-13,18,20,27H,2,6-7,10-11,14-16H2,1H3,(H2,22,23,24). The molecule has 3 rings (SSSR count). The molecule has 0 saturated heterocycles. The third-order valence-corrected chi connectivity index (χ3v) is 5.11. The number of guanidine groups is 1. The molecular formula is C21H31N5O. The fraction of sp³-hybridized carbons (Fsp3) is 0.524. The topological polar surface area (TPSA) is 74.5 Å². The zero-order chi connectivity index (χ0) is 18.9. The van der Waals surface area contributed by atoms with Gasteiger partial charge in [0.15, 0.2) is 5.96 Å². The van der Waals surface area contributed by atoms with Crippen LogP contribution in [0.4, 0.5) is 0 Å². The molecule has 1 unspecified atom stereocenters. The fourth-order valence-electron chi connectivity index (χ4n) is 3.57. The van der Waals surface area contributed by atoms with E-state index in [1.165, 1.54) is 25.7 Å². The van der Waals surface area contributed by atoms with Crippen LogP contribution in [-0.4, -0.2) is 40.5 Å². The van der Waals surface area contributed by atoms with Crippen LogP contribution in [0.15, 0.2) is 47.6 Å². The first-order valence-electron chi connectivity index (χ1n) is 10.0. The van der Waals surface area contributed by atoms with Gasteiger partial charge in [0.25, 0.3) is 0 Å². The van der Waals surface area contributed by atoms with Gasteiger partial charge in [-0.15, -0.1) is 0 Å². The average Bonchev–Trinajstić information content (AvgIpc) is 3.39. The van der Waals surface area contributed by atoms with Gasteiger partial charge in [-0.25, -0.2) is 4.99 Å². The molecule has 1 aliphatic rings. The van der Waals surface area contributed by atoms with Crippen molar-refractivity contribution in [2.24, 2.45) is 4.99 Å². The molecule has 1 heterocycles. The molecule has 0 radical (unpaired) electrons. The van der Waals surface area contributed by atoms with Gasteiger partial charge in [-0.05, 0) is 31.4 Å². The zero-order valence-corrected chi connectivity index (χ0v) is 16.1. The number of aromatic nitrogens is 2. The number of aliphatic imine (C=N–C) groups is 1. The number of hydrogen-bond donors (Lipinski definition) is 3. The molecule has 146 valence electrons. The second-order valence-corrected chi connectivity index (χ2v) is 7.09. The van der Waals surface area contributed by atoms with Gasteiger partial charge in [-0.1, -0.05) is 43.2 Å². The van der Waals surface area contributed by atoms with E-state index in [1.54, 1.807) is 0 Å². The van der Waals surface area contributed by atoms with E-state index in [9.17, 15) is 5.11 Å². The SMILES string of the molecule is CCNC(=NCc1ccn(C2CCCC2)n1)NCC(CO)c1ccccc1. The summed E-state index contributed by atoms with van der Waals surface area (Å²) in [4.78, 5) is 4.66. The minimum Gasteiger partial charge on any atom is -0.396 e. The van der Waals surface area contributed by atoms with Crippen LogP contribution in [0.5, 0.6) is 0 Å². The lowest BCUT2D eigenvalue weighted by Gasteiger charge is -2.18. The van der Waals surface area contributed by atoms with E-state index in [0.717, 1.165) is 23.8 Å². The van der Waals surface area contributed by atoms with Crippen LogP contribution in [0.25, 0.3) is 0 Å². The molecule has 0 bridgehead atoms. The van der Waals surface area contributed by atoms with Gasteiger partial charge in [0.05, 0.1) is 24.9 Å². The third kappa shape index (κ3) is 5.57. The smallest absolute Gasteiger partial charge is 0.191 e. The fourth-order valence-corrected chi connectivity index (χ4v) is 3.57. The van der Waals surface area contributed by atoms with E-state index in [4.69, 9.17) is 5.10 Å². The lowest BCUT2D eigenvalue weighted by Crippen LogP contribution is -2.40. The Morgan fingerprint density at radius 2 is 2.00 bits per heavy atom. The highest BCUT2D eigenvalue weighted by Crippen LogP contribution is 2.28. The second-order valence-electron chi connectivity index (χ2n) is 7.09. The Morgan fingerprint density at radius 1 is 1.22 bits per heavy atom. The minimum absolute atomic E-state index is 0.0385. The van der Waals surface area contributed by atoms with Crippen molar-refractivity contribution in [2.75, 3.05) is 19.7 Å². The van der Waals surface area contributed by atoms with Crippen LogP contribution in [0.3, 0.4) is 0 Å². The van der Waals surface area contributed by atoms with E-state index in [-0.39, 0.29) is 12.5 Å². The summed E-state index contributed by atoms with van der Waals surface area (Å²) in [7, 11) is 0. The van der Waals surface area contributed by atoms with Gasteiger partial charge in [-0.2, -0.15) is 5.10 Å². The Balaban J connectivity index is 1.57. The van der Waals surface area contributed by atoms with Crippen molar-refractivity contribution in [3.63, 3.8) is 0 Å². The lowest BCUT2D eigenvalue weighted by molar-refractivity contribution is 0.265. The lowest BCUT2D eigenvalue weighted by atomic mass is 10.0. The normalized spacial score (nSPS) is 16.4. The molecule has 6 heteroatoms. The number of nitrogens with one attached hydrogen (secondary N) is 2. The van der Waals surface area contributed by atoms with Crippen LogP contribution >= 0.6 is 0 Å². The molecule has 0 aliphatic heterocycles. The van der Waals surface area contributed by atoms with Crippen LogP contribution in [0, 0.1) is 0 Å². The van der Waals surface area contributed by atoms with Crippen molar-refractivity contribution in [1.29, 1.82) is 0 Å². The molecular weight excluding hydrogens is 338 g/mol. The van der Waals surface area contributed by atoms with Crippen molar-refractivity contribution in [3.05, 3.63) is 53.9 Å².